The van der Waals surface area contributed by atoms with Gasteiger partial charge in [-0.1, -0.05) is 42.5 Å². The predicted octanol–water partition coefficient (Wildman–Crippen LogP) is 2.30. The molecule has 4 nitrogen and oxygen atoms in total. The van der Waals surface area contributed by atoms with E-state index in [1.54, 1.807) is 7.11 Å². The number of amides is 1. The highest BCUT2D eigenvalue weighted by Crippen LogP contribution is 2.26. The molecule has 1 aliphatic heterocycles. The van der Waals surface area contributed by atoms with Gasteiger partial charge in [0.05, 0.1) is 19.8 Å². The van der Waals surface area contributed by atoms with Crippen LogP contribution in [0, 0.1) is 0 Å². The number of benzene rings is 2. The van der Waals surface area contributed by atoms with Gasteiger partial charge in [0.1, 0.15) is 5.75 Å². The van der Waals surface area contributed by atoms with Crippen LogP contribution < -0.4 is 10.1 Å². The quantitative estimate of drug-likeness (QED) is 0.857. The summed E-state index contributed by atoms with van der Waals surface area (Å²) in [5, 5.41) is 3.04. The number of hydrogen-bond donors (Lipinski definition) is 1. The van der Waals surface area contributed by atoms with Gasteiger partial charge in [0.2, 0.25) is 0 Å². The molecule has 1 amide bonds. The van der Waals surface area contributed by atoms with Gasteiger partial charge in [-0.25, -0.2) is 0 Å². The van der Waals surface area contributed by atoms with Gasteiger partial charge in [-0.3, -0.25) is 4.79 Å². The van der Waals surface area contributed by atoms with Crippen molar-refractivity contribution >= 4 is 5.91 Å². The molecule has 108 valence electrons. The van der Waals surface area contributed by atoms with Gasteiger partial charge < -0.3 is 14.8 Å². The van der Waals surface area contributed by atoms with E-state index in [-0.39, 0.29) is 18.1 Å². The van der Waals surface area contributed by atoms with Gasteiger partial charge in [-0.2, -0.15) is 0 Å². The number of carbonyl (C=O) groups is 1. The Morgan fingerprint density at radius 1 is 1.19 bits per heavy atom. The maximum absolute atomic E-state index is 12.0. The summed E-state index contributed by atoms with van der Waals surface area (Å²) in [7, 11) is 1.63. The van der Waals surface area contributed by atoms with Crippen LogP contribution in [0.3, 0.4) is 0 Å². The molecule has 1 N–H and O–H groups in total. The molecule has 1 saturated heterocycles. The number of nitrogens with one attached hydrogen (secondary N) is 1. The second-order valence-corrected chi connectivity index (χ2v) is 4.95. The van der Waals surface area contributed by atoms with Crippen molar-refractivity contribution < 1.29 is 14.3 Å². The first-order valence-electron chi connectivity index (χ1n) is 6.89. The molecular formula is C17H17NO3. The Hall–Kier alpha value is -2.33. The van der Waals surface area contributed by atoms with E-state index >= 15 is 0 Å². The summed E-state index contributed by atoms with van der Waals surface area (Å²) in [6.45, 7) is 0.505. The molecule has 3 rings (SSSR count). The molecule has 0 aliphatic carbocycles. The molecule has 2 unspecified atom stereocenters. The van der Waals surface area contributed by atoms with Crippen molar-refractivity contribution in [2.45, 2.75) is 12.1 Å². The first-order chi connectivity index (χ1) is 10.3. The highest BCUT2D eigenvalue weighted by Gasteiger charge is 2.33. The highest BCUT2D eigenvalue weighted by atomic mass is 16.6. The lowest BCUT2D eigenvalue weighted by molar-refractivity contribution is -0.122. The topological polar surface area (TPSA) is 50.9 Å². The molecule has 21 heavy (non-hydrogen) atoms. The maximum atomic E-state index is 12.0. The summed E-state index contributed by atoms with van der Waals surface area (Å²) in [5.74, 6) is 0.692. The standard InChI is InChI=1S/C17H17NO3/c1-20-14-9-5-8-13(10-14)16(12-6-3-2-4-7-12)18-17(19)15-11-21-15/h2-10,15-16H,11H2,1H3,(H,18,19). The van der Waals surface area contributed by atoms with Gasteiger partial charge in [0.15, 0.2) is 6.10 Å². The number of carbonyl (C=O) groups excluding carboxylic acids is 1. The molecule has 4 heteroatoms. The lowest BCUT2D eigenvalue weighted by Crippen LogP contribution is -2.32. The zero-order chi connectivity index (χ0) is 14.7. The maximum Gasteiger partial charge on any atom is 0.252 e. The van der Waals surface area contributed by atoms with Crippen LogP contribution in [0.15, 0.2) is 54.6 Å². The summed E-state index contributed by atoms with van der Waals surface area (Å²) in [5.41, 5.74) is 2.01. The van der Waals surface area contributed by atoms with Crippen molar-refractivity contribution in [3.05, 3.63) is 65.7 Å². The van der Waals surface area contributed by atoms with E-state index in [2.05, 4.69) is 5.32 Å². The van der Waals surface area contributed by atoms with Gasteiger partial charge in [-0.15, -0.1) is 0 Å². The van der Waals surface area contributed by atoms with Crippen molar-refractivity contribution in [2.75, 3.05) is 13.7 Å². The Morgan fingerprint density at radius 3 is 2.57 bits per heavy atom. The fourth-order valence-electron chi connectivity index (χ4n) is 2.26. The van der Waals surface area contributed by atoms with Crippen molar-refractivity contribution in [3.8, 4) is 5.75 Å². The monoisotopic (exact) mass is 283 g/mol. The molecule has 0 bridgehead atoms. The summed E-state index contributed by atoms with van der Waals surface area (Å²) in [6.07, 6.45) is -0.304. The zero-order valence-corrected chi connectivity index (χ0v) is 11.8. The van der Waals surface area contributed by atoms with Crippen LogP contribution in [0.4, 0.5) is 0 Å². The minimum absolute atomic E-state index is 0.0772. The van der Waals surface area contributed by atoms with Gasteiger partial charge in [-0.05, 0) is 23.3 Å². The molecule has 2 aromatic rings. The lowest BCUT2D eigenvalue weighted by atomic mass is 9.98. The summed E-state index contributed by atoms with van der Waals surface area (Å²) >= 11 is 0. The molecule has 1 aliphatic rings. The average Bonchev–Trinajstić information content (AvgIpc) is 3.38. The summed E-state index contributed by atoms with van der Waals surface area (Å²) in [6, 6.07) is 17.4. The van der Waals surface area contributed by atoms with Gasteiger partial charge in [0, 0.05) is 0 Å². The van der Waals surface area contributed by atoms with E-state index in [0.717, 1.165) is 16.9 Å². The van der Waals surface area contributed by atoms with E-state index in [9.17, 15) is 4.79 Å². The smallest absolute Gasteiger partial charge is 0.252 e. The second-order valence-electron chi connectivity index (χ2n) is 4.95. The molecule has 1 heterocycles. The molecular weight excluding hydrogens is 266 g/mol. The van der Waals surface area contributed by atoms with Crippen molar-refractivity contribution in [1.29, 1.82) is 0 Å². The van der Waals surface area contributed by atoms with Crippen molar-refractivity contribution in [1.82, 2.24) is 5.32 Å². The third-order valence-electron chi connectivity index (χ3n) is 3.47. The molecule has 0 radical (unpaired) electrons. The summed E-state index contributed by atoms with van der Waals surface area (Å²) < 4.78 is 10.3. The average molecular weight is 283 g/mol. The van der Waals surface area contributed by atoms with Gasteiger partial charge >= 0.3 is 0 Å². The van der Waals surface area contributed by atoms with Crippen LogP contribution in [0.2, 0.25) is 0 Å². The Morgan fingerprint density at radius 2 is 1.90 bits per heavy atom. The van der Waals surface area contributed by atoms with E-state index in [0.29, 0.717) is 6.61 Å². The Kier molecular flexibility index (Phi) is 3.88. The molecule has 2 atom stereocenters. The Labute approximate surface area is 123 Å². The molecule has 2 aromatic carbocycles. The number of epoxide rings is 1. The third-order valence-corrected chi connectivity index (χ3v) is 3.47. The lowest BCUT2D eigenvalue weighted by Gasteiger charge is -2.20. The largest absolute Gasteiger partial charge is 0.497 e. The van der Waals surface area contributed by atoms with Crippen LogP contribution in [0.5, 0.6) is 5.75 Å². The van der Waals surface area contributed by atoms with E-state index in [1.165, 1.54) is 0 Å². The molecule has 0 spiro atoms. The van der Waals surface area contributed by atoms with Gasteiger partial charge in [0.25, 0.3) is 5.91 Å². The summed E-state index contributed by atoms with van der Waals surface area (Å²) in [4.78, 5) is 12.0. The minimum Gasteiger partial charge on any atom is -0.497 e. The van der Waals surface area contributed by atoms with Crippen LogP contribution in [-0.4, -0.2) is 25.7 Å². The SMILES string of the molecule is COc1cccc(C(NC(=O)C2CO2)c2ccccc2)c1. The Bertz CT molecular complexity index is 623. The van der Waals surface area contributed by atoms with Crippen LogP contribution in [-0.2, 0) is 9.53 Å². The van der Waals surface area contributed by atoms with E-state index in [4.69, 9.17) is 9.47 Å². The van der Waals surface area contributed by atoms with E-state index in [1.807, 2.05) is 54.6 Å². The predicted molar refractivity (Wildman–Crippen MR) is 79.2 cm³/mol. The van der Waals surface area contributed by atoms with E-state index < -0.39 is 0 Å². The number of methoxy groups -OCH3 is 1. The highest BCUT2D eigenvalue weighted by molar-refractivity contribution is 5.83. The van der Waals surface area contributed by atoms with Crippen molar-refractivity contribution in [3.63, 3.8) is 0 Å². The second kappa shape index (κ2) is 5.97. The fraction of sp³-hybridized carbons (Fsp3) is 0.235. The minimum atomic E-state index is -0.304. The molecule has 0 saturated carbocycles. The van der Waals surface area contributed by atoms with Crippen LogP contribution in [0.25, 0.3) is 0 Å². The fourth-order valence-corrected chi connectivity index (χ4v) is 2.26. The van der Waals surface area contributed by atoms with Crippen LogP contribution in [0.1, 0.15) is 17.2 Å². The Balaban J connectivity index is 1.92. The third kappa shape index (κ3) is 3.23. The number of ether oxygens (including phenoxy) is 2. The molecule has 0 aromatic heterocycles. The number of rotatable bonds is 5. The first kappa shape index (κ1) is 13.6. The normalized spacial score (nSPS) is 17.9. The molecule has 1 fully saturated rings. The zero-order valence-electron chi connectivity index (χ0n) is 11.8. The first-order valence-corrected chi connectivity index (χ1v) is 6.89. The van der Waals surface area contributed by atoms with Crippen LogP contribution >= 0.6 is 0 Å². The van der Waals surface area contributed by atoms with Crippen molar-refractivity contribution in [2.24, 2.45) is 0 Å². The number of hydrogen-bond acceptors (Lipinski definition) is 3.